The Kier molecular flexibility index (Phi) is 6.34. The third-order valence-electron chi connectivity index (χ3n) is 4.75. The summed E-state index contributed by atoms with van der Waals surface area (Å²) in [6.07, 6.45) is 1.91. The Morgan fingerprint density at radius 3 is 2.31 bits per heavy atom. The van der Waals surface area contributed by atoms with Crippen LogP contribution in [0.25, 0.3) is 0 Å². The minimum absolute atomic E-state index is 0.218. The van der Waals surface area contributed by atoms with Crippen LogP contribution in [0.2, 0.25) is 0 Å². The van der Waals surface area contributed by atoms with Crippen molar-refractivity contribution in [2.45, 2.75) is 31.6 Å². The van der Waals surface area contributed by atoms with Gasteiger partial charge in [0.25, 0.3) is 5.91 Å². The van der Waals surface area contributed by atoms with Crippen molar-refractivity contribution in [1.82, 2.24) is 4.31 Å². The van der Waals surface area contributed by atoms with Gasteiger partial charge < -0.3 is 10.1 Å². The van der Waals surface area contributed by atoms with Crippen LogP contribution in [0.1, 0.15) is 37.0 Å². The lowest BCUT2D eigenvalue weighted by atomic mass is 10.0. The quantitative estimate of drug-likeness (QED) is 0.596. The molecule has 0 spiro atoms. The Hall–Kier alpha value is -2.71. The van der Waals surface area contributed by atoms with Gasteiger partial charge in [-0.3, -0.25) is 9.59 Å². The maximum atomic E-state index is 12.8. The molecule has 0 bridgehead atoms. The fraction of sp³-hybridized carbons (Fsp3) is 0.333. The molecule has 1 N–H and O–H groups in total. The van der Waals surface area contributed by atoms with Gasteiger partial charge in [-0.2, -0.15) is 4.31 Å². The summed E-state index contributed by atoms with van der Waals surface area (Å²) >= 11 is 0. The molecule has 0 aliphatic carbocycles. The van der Waals surface area contributed by atoms with Crippen molar-refractivity contribution in [2.24, 2.45) is 5.92 Å². The number of anilines is 1. The Morgan fingerprint density at radius 2 is 1.72 bits per heavy atom. The molecule has 0 radical (unpaired) electrons. The lowest BCUT2D eigenvalue weighted by molar-refractivity contribution is -0.131. The molecule has 1 aliphatic rings. The van der Waals surface area contributed by atoms with Crippen LogP contribution in [0.5, 0.6) is 5.75 Å². The van der Waals surface area contributed by atoms with Gasteiger partial charge in [-0.1, -0.05) is 6.92 Å². The zero-order chi connectivity index (χ0) is 21.0. The molecule has 1 amide bonds. The Bertz CT molecular complexity index is 985. The van der Waals surface area contributed by atoms with E-state index < -0.39 is 16.0 Å². The summed E-state index contributed by atoms with van der Waals surface area (Å²) in [7, 11) is -3.53. The highest BCUT2D eigenvalue weighted by Crippen LogP contribution is 2.24. The van der Waals surface area contributed by atoms with Crippen LogP contribution in [0.4, 0.5) is 5.69 Å². The molecule has 1 fully saturated rings. The lowest BCUT2D eigenvalue weighted by Gasteiger charge is -2.30. The molecule has 2 aromatic rings. The van der Waals surface area contributed by atoms with Crippen LogP contribution in [0, 0.1) is 5.92 Å². The number of carbonyl (C=O) groups is 2. The average Bonchev–Trinajstić information content (AvgIpc) is 2.68. The second-order valence-corrected chi connectivity index (χ2v) is 9.14. The molecule has 0 aromatic heterocycles. The van der Waals surface area contributed by atoms with Gasteiger partial charge in [0, 0.05) is 31.3 Å². The Morgan fingerprint density at radius 1 is 1.07 bits per heavy atom. The van der Waals surface area contributed by atoms with Gasteiger partial charge in [0.15, 0.2) is 0 Å². The standard InChI is InChI=1S/C21H24N2O5S/c1-15-4-3-13-23(14-15)29(26,27)20-11-7-18(8-12-20)22-21(25)17-5-9-19(10-6-17)28-16(2)24/h5-12,15H,3-4,13-14H2,1-2H3,(H,22,25)/t15-/m0/s1. The minimum atomic E-state index is -3.53. The van der Waals surface area contributed by atoms with Crippen LogP contribution in [-0.4, -0.2) is 37.7 Å². The number of hydrogen-bond acceptors (Lipinski definition) is 5. The number of piperidine rings is 1. The van der Waals surface area contributed by atoms with E-state index in [0.29, 0.717) is 36.0 Å². The molecule has 29 heavy (non-hydrogen) atoms. The Labute approximate surface area is 170 Å². The average molecular weight is 416 g/mol. The second-order valence-electron chi connectivity index (χ2n) is 7.21. The number of amides is 1. The molecule has 8 heteroatoms. The first-order valence-corrected chi connectivity index (χ1v) is 10.9. The maximum Gasteiger partial charge on any atom is 0.308 e. The Balaban J connectivity index is 1.67. The maximum absolute atomic E-state index is 12.8. The van der Waals surface area contributed by atoms with E-state index in [-0.39, 0.29) is 10.8 Å². The zero-order valence-electron chi connectivity index (χ0n) is 16.4. The number of nitrogens with zero attached hydrogens (tertiary/aromatic N) is 1. The van der Waals surface area contributed by atoms with Crippen LogP contribution >= 0.6 is 0 Å². The predicted octanol–water partition coefficient (Wildman–Crippen LogP) is 3.28. The summed E-state index contributed by atoms with van der Waals surface area (Å²) in [6, 6.07) is 12.3. The second kappa shape index (κ2) is 8.75. The van der Waals surface area contributed by atoms with Gasteiger partial charge in [0.1, 0.15) is 5.75 Å². The molecule has 2 aromatic carbocycles. The molecule has 3 rings (SSSR count). The topological polar surface area (TPSA) is 92.8 Å². The van der Waals surface area contributed by atoms with Crippen LogP contribution in [0.3, 0.4) is 0 Å². The summed E-state index contributed by atoms with van der Waals surface area (Å²) in [6.45, 7) is 4.42. The highest BCUT2D eigenvalue weighted by molar-refractivity contribution is 7.89. The largest absolute Gasteiger partial charge is 0.427 e. The number of benzene rings is 2. The number of ether oxygens (including phenoxy) is 1. The summed E-state index contributed by atoms with van der Waals surface area (Å²) in [4.78, 5) is 23.5. The molecule has 0 saturated carbocycles. The first-order chi connectivity index (χ1) is 13.8. The smallest absolute Gasteiger partial charge is 0.308 e. The summed E-state index contributed by atoms with van der Waals surface area (Å²) in [5.74, 6) is -0.0731. The van der Waals surface area contributed by atoms with Crippen molar-refractivity contribution >= 4 is 27.6 Å². The van der Waals surface area contributed by atoms with Crippen molar-refractivity contribution in [3.63, 3.8) is 0 Å². The van der Waals surface area contributed by atoms with Crippen molar-refractivity contribution in [3.05, 3.63) is 54.1 Å². The summed E-state index contributed by atoms with van der Waals surface area (Å²) in [5, 5.41) is 2.73. The van der Waals surface area contributed by atoms with Gasteiger partial charge >= 0.3 is 5.97 Å². The molecular weight excluding hydrogens is 392 g/mol. The summed E-state index contributed by atoms with van der Waals surface area (Å²) in [5.41, 5.74) is 0.880. The molecule has 1 heterocycles. The number of sulfonamides is 1. The molecule has 1 saturated heterocycles. The monoisotopic (exact) mass is 416 g/mol. The third kappa shape index (κ3) is 5.21. The number of hydrogen-bond donors (Lipinski definition) is 1. The van der Waals surface area contributed by atoms with Gasteiger partial charge in [0.2, 0.25) is 10.0 Å². The first kappa shape index (κ1) is 21.0. The van der Waals surface area contributed by atoms with E-state index in [9.17, 15) is 18.0 Å². The summed E-state index contributed by atoms with van der Waals surface area (Å²) < 4.78 is 32.1. The van der Waals surface area contributed by atoms with Crippen LogP contribution in [0.15, 0.2) is 53.4 Å². The fourth-order valence-electron chi connectivity index (χ4n) is 3.27. The van der Waals surface area contributed by atoms with Crippen molar-refractivity contribution in [1.29, 1.82) is 0 Å². The molecule has 0 unspecified atom stereocenters. The normalized spacial score (nSPS) is 17.5. The molecule has 154 valence electrons. The van der Waals surface area contributed by atoms with Gasteiger partial charge in [-0.25, -0.2) is 8.42 Å². The van der Waals surface area contributed by atoms with E-state index in [4.69, 9.17) is 4.74 Å². The SMILES string of the molecule is CC(=O)Oc1ccc(C(=O)Nc2ccc(S(=O)(=O)N3CCC[C@H](C)C3)cc2)cc1. The van der Waals surface area contributed by atoms with Gasteiger partial charge in [0.05, 0.1) is 4.90 Å². The van der Waals surface area contributed by atoms with Gasteiger partial charge in [-0.15, -0.1) is 0 Å². The third-order valence-corrected chi connectivity index (χ3v) is 6.63. The van der Waals surface area contributed by atoms with E-state index in [1.807, 2.05) is 0 Å². The van der Waals surface area contributed by atoms with Crippen molar-refractivity contribution in [2.75, 3.05) is 18.4 Å². The van der Waals surface area contributed by atoms with Crippen molar-refractivity contribution < 1.29 is 22.7 Å². The van der Waals surface area contributed by atoms with E-state index in [0.717, 1.165) is 12.8 Å². The van der Waals surface area contributed by atoms with Crippen LogP contribution < -0.4 is 10.1 Å². The number of esters is 1. The number of rotatable bonds is 5. The van der Waals surface area contributed by atoms with Crippen molar-refractivity contribution in [3.8, 4) is 5.75 Å². The molecule has 7 nitrogen and oxygen atoms in total. The highest BCUT2D eigenvalue weighted by Gasteiger charge is 2.28. The number of nitrogens with one attached hydrogen (secondary N) is 1. The molecule has 1 atom stereocenters. The van der Waals surface area contributed by atoms with Gasteiger partial charge in [-0.05, 0) is 67.3 Å². The molecule has 1 aliphatic heterocycles. The fourth-order valence-corrected chi connectivity index (χ4v) is 4.87. The zero-order valence-corrected chi connectivity index (χ0v) is 17.2. The van der Waals surface area contributed by atoms with E-state index in [1.165, 1.54) is 35.5 Å². The molecular formula is C21H24N2O5S. The van der Waals surface area contributed by atoms with E-state index >= 15 is 0 Å². The van der Waals surface area contributed by atoms with E-state index in [1.54, 1.807) is 24.3 Å². The van der Waals surface area contributed by atoms with E-state index in [2.05, 4.69) is 12.2 Å². The minimum Gasteiger partial charge on any atom is -0.427 e. The van der Waals surface area contributed by atoms with Crippen LogP contribution in [-0.2, 0) is 14.8 Å². The lowest BCUT2D eigenvalue weighted by Crippen LogP contribution is -2.39. The first-order valence-electron chi connectivity index (χ1n) is 9.46. The number of carbonyl (C=O) groups excluding carboxylic acids is 2. The highest BCUT2D eigenvalue weighted by atomic mass is 32.2. The predicted molar refractivity (Wildman–Crippen MR) is 109 cm³/mol.